The lowest BCUT2D eigenvalue weighted by Crippen LogP contribution is -2.13. The zero-order chi connectivity index (χ0) is 10.3. The summed E-state index contributed by atoms with van der Waals surface area (Å²) in [6, 6.07) is 3.55. The molecular weight excluding hydrogens is 166 g/mol. The van der Waals surface area contributed by atoms with E-state index in [1.807, 2.05) is 20.8 Å². The van der Waals surface area contributed by atoms with Crippen LogP contribution in [0.2, 0.25) is 0 Å². The summed E-state index contributed by atoms with van der Waals surface area (Å²) >= 11 is 0. The SMILES string of the molecule is CC.Cc1ccc(/C(N)=N\O)cn1. The molecule has 1 rings (SSSR count). The van der Waals surface area contributed by atoms with E-state index >= 15 is 0 Å². The van der Waals surface area contributed by atoms with Gasteiger partial charge in [-0.05, 0) is 19.1 Å². The minimum atomic E-state index is 0.0810. The number of amidine groups is 1. The van der Waals surface area contributed by atoms with Crippen LogP contribution >= 0.6 is 0 Å². The Morgan fingerprint density at radius 2 is 2.08 bits per heavy atom. The van der Waals surface area contributed by atoms with Crippen LogP contribution in [0.3, 0.4) is 0 Å². The van der Waals surface area contributed by atoms with E-state index in [9.17, 15) is 0 Å². The average Bonchev–Trinajstić information content (AvgIpc) is 2.21. The zero-order valence-corrected chi connectivity index (χ0v) is 8.15. The van der Waals surface area contributed by atoms with Gasteiger partial charge in [-0.2, -0.15) is 0 Å². The third-order valence-corrected chi connectivity index (χ3v) is 1.31. The van der Waals surface area contributed by atoms with E-state index in [4.69, 9.17) is 10.9 Å². The van der Waals surface area contributed by atoms with Gasteiger partial charge in [0.05, 0.1) is 0 Å². The molecule has 0 aliphatic rings. The second kappa shape index (κ2) is 5.99. The number of pyridine rings is 1. The predicted molar refractivity (Wildman–Crippen MR) is 52.8 cm³/mol. The molecule has 0 unspecified atom stereocenters. The minimum absolute atomic E-state index is 0.0810. The Morgan fingerprint density at radius 1 is 1.46 bits per heavy atom. The van der Waals surface area contributed by atoms with Gasteiger partial charge in [0, 0.05) is 17.5 Å². The van der Waals surface area contributed by atoms with Crippen LogP contribution in [0, 0.1) is 6.92 Å². The third-order valence-electron chi connectivity index (χ3n) is 1.31. The van der Waals surface area contributed by atoms with Crippen molar-refractivity contribution in [2.45, 2.75) is 20.8 Å². The van der Waals surface area contributed by atoms with Gasteiger partial charge >= 0.3 is 0 Å². The van der Waals surface area contributed by atoms with Gasteiger partial charge in [0.25, 0.3) is 0 Å². The molecule has 0 aliphatic heterocycles. The molecule has 0 atom stereocenters. The van der Waals surface area contributed by atoms with E-state index in [2.05, 4.69) is 10.1 Å². The zero-order valence-electron chi connectivity index (χ0n) is 8.15. The van der Waals surface area contributed by atoms with Crippen LogP contribution in [0.1, 0.15) is 25.1 Å². The molecule has 3 N–H and O–H groups in total. The highest BCUT2D eigenvalue weighted by atomic mass is 16.4. The Bertz CT molecular complexity index is 267. The van der Waals surface area contributed by atoms with Crippen molar-refractivity contribution in [3.63, 3.8) is 0 Å². The Balaban J connectivity index is 0.000000671. The molecule has 0 bridgehead atoms. The second-order valence-electron chi connectivity index (χ2n) is 2.17. The van der Waals surface area contributed by atoms with Crippen LogP contribution in [-0.2, 0) is 0 Å². The first-order valence-electron chi connectivity index (χ1n) is 4.14. The maximum absolute atomic E-state index is 8.29. The minimum Gasteiger partial charge on any atom is -0.409 e. The molecule has 4 heteroatoms. The summed E-state index contributed by atoms with van der Waals surface area (Å²) in [6.07, 6.45) is 1.56. The maximum Gasteiger partial charge on any atom is 0.171 e. The van der Waals surface area contributed by atoms with Crippen molar-refractivity contribution in [2.24, 2.45) is 10.9 Å². The number of rotatable bonds is 1. The molecule has 72 valence electrons. The molecule has 0 spiro atoms. The largest absolute Gasteiger partial charge is 0.409 e. The van der Waals surface area contributed by atoms with E-state index in [1.54, 1.807) is 18.3 Å². The maximum atomic E-state index is 8.29. The number of oxime groups is 1. The summed E-state index contributed by atoms with van der Waals surface area (Å²) in [5, 5.41) is 11.1. The van der Waals surface area contributed by atoms with Gasteiger partial charge in [0.15, 0.2) is 5.84 Å². The van der Waals surface area contributed by atoms with Crippen molar-refractivity contribution < 1.29 is 5.21 Å². The molecule has 0 fully saturated rings. The molecule has 0 radical (unpaired) electrons. The molecule has 0 saturated heterocycles. The highest BCUT2D eigenvalue weighted by Gasteiger charge is 1.96. The normalized spacial score (nSPS) is 10.2. The van der Waals surface area contributed by atoms with E-state index in [0.29, 0.717) is 5.56 Å². The summed E-state index contributed by atoms with van der Waals surface area (Å²) in [5.74, 6) is 0.0810. The fourth-order valence-electron chi connectivity index (χ4n) is 0.677. The number of nitrogens with zero attached hydrogens (tertiary/aromatic N) is 2. The summed E-state index contributed by atoms with van der Waals surface area (Å²) < 4.78 is 0. The van der Waals surface area contributed by atoms with Crippen molar-refractivity contribution in [2.75, 3.05) is 0 Å². The van der Waals surface area contributed by atoms with Crippen molar-refractivity contribution in [3.8, 4) is 0 Å². The van der Waals surface area contributed by atoms with Crippen LogP contribution in [-0.4, -0.2) is 16.0 Å². The number of hydrogen-bond donors (Lipinski definition) is 2. The molecule has 0 aromatic carbocycles. The van der Waals surface area contributed by atoms with Crippen LogP contribution in [0.4, 0.5) is 0 Å². The molecule has 0 saturated carbocycles. The van der Waals surface area contributed by atoms with E-state index in [1.165, 1.54) is 0 Å². The predicted octanol–water partition coefficient (Wildman–Crippen LogP) is 1.51. The van der Waals surface area contributed by atoms with Crippen molar-refractivity contribution in [1.82, 2.24) is 4.98 Å². The molecule has 1 aromatic heterocycles. The number of hydrogen-bond acceptors (Lipinski definition) is 3. The quantitative estimate of drug-likeness (QED) is 0.298. The third kappa shape index (κ3) is 3.55. The number of nitrogens with two attached hydrogens (primary N) is 1. The Morgan fingerprint density at radius 3 is 2.46 bits per heavy atom. The van der Waals surface area contributed by atoms with Gasteiger partial charge in [-0.3, -0.25) is 4.98 Å². The number of aromatic nitrogens is 1. The monoisotopic (exact) mass is 181 g/mol. The van der Waals surface area contributed by atoms with E-state index in [0.717, 1.165) is 5.69 Å². The summed E-state index contributed by atoms with van der Waals surface area (Å²) in [4.78, 5) is 3.98. The lowest BCUT2D eigenvalue weighted by molar-refractivity contribution is 0.318. The standard InChI is InChI=1S/C7H9N3O.C2H6/c1-5-2-3-6(4-9-5)7(8)10-11;1-2/h2-4,11H,1H3,(H2,8,10);1-2H3. The molecule has 0 amide bonds. The van der Waals surface area contributed by atoms with Gasteiger partial charge in [0.2, 0.25) is 0 Å². The summed E-state index contributed by atoms with van der Waals surface area (Å²) in [6.45, 7) is 5.87. The highest BCUT2D eigenvalue weighted by molar-refractivity contribution is 5.96. The van der Waals surface area contributed by atoms with Gasteiger partial charge in [-0.1, -0.05) is 19.0 Å². The molecule has 4 nitrogen and oxygen atoms in total. The first kappa shape index (κ1) is 11.4. The van der Waals surface area contributed by atoms with E-state index < -0.39 is 0 Å². The fourth-order valence-corrected chi connectivity index (χ4v) is 0.677. The summed E-state index contributed by atoms with van der Waals surface area (Å²) in [5.41, 5.74) is 6.83. The molecule has 13 heavy (non-hydrogen) atoms. The lowest BCUT2D eigenvalue weighted by Gasteiger charge is -1.96. The van der Waals surface area contributed by atoms with Gasteiger partial charge in [0.1, 0.15) is 0 Å². The van der Waals surface area contributed by atoms with Crippen molar-refractivity contribution in [3.05, 3.63) is 29.6 Å². The molecule has 0 aliphatic carbocycles. The topological polar surface area (TPSA) is 71.5 Å². The van der Waals surface area contributed by atoms with Gasteiger partial charge in [-0.15, -0.1) is 0 Å². The second-order valence-corrected chi connectivity index (χ2v) is 2.17. The molecular formula is C9H15N3O. The van der Waals surface area contributed by atoms with Crippen LogP contribution in [0.25, 0.3) is 0 Å². The first-order chi connectivity index (χ1) is 6.24. The van der Waals surface area contributed by atoms with Crippen LogP contribution < -0.4 is 5.73 Å². The first-order valence-corrected chi connectivity index (χ1v) is 4.14. The highest BCUT2D eigenvalue weighted by Crippen LogP contribution is 1.97. The van der Waals surface area contributed by atoms with Crippen molar-refractivity contribution in [1.29, 1.82) is 0 Å². The van der Waals surface area contributed by atoms with Gasteiger partial charge in [-0.25, -0.2) is 0 Å². The summed E-state index contributed by atoms with van der Waals surface area (Å²) in [7, 11) is 0. The van der Waals surface area contributed by atoms with E-state index in [-0.39, 0.29) is 5.84 Å². The van der Waals surface area contributed by atoms with Crippen LogP contribution in [0.5, 0.6) is 0 Å². The average molecular weight is 181 g/mol. The molecule has 1 aromatic rings. The smallest absolute Gasteiger partial charge is 0.171 e. The fraction of sp³-hybridized carbons (Fsp3) is 0.333. The Kier molecular flexibility index (Phi) is 5.27. The molecule has 1 heterocycles. The Hall–Kier alpha value is -1.58. The lowest BCUT2D eigenvalue weighted by atomic mass is 10.2. The van der Waals surface area contributed by atoms with Gasteiger partial charge < -0.3 is 10.9 Å². The Labute approximate surface area is 78.1 Å². The van der Waals surface area contributed by atoms with Crippen LogP contribution in [0.15, 0.2) is 23.5 Å². The number of aryl methyl sites for hydroxylation is 1. The van der Waals surface area contributed by atoms with Crippen molar-refractivity contribution >= 4 is 5.84 Å².